The standard InChI is InChI=1S/C20H23N6O14P/c1-36-10-3-8(9(26(31)32)4-11(10)37-2)5-38-20(30)24-19-22-16-13(17(29)23-19)21-7-25(16)18-15(28)14(27)12(40-18)6-39-41(33,34)35/h3-4,7,12,14-15,18,27-28H,5-6H2,1-2H3,(H2,33,34,35)(H2,22,23,24,29,30)/t12-,14-,15-,18-/m1/s1. The topological polar surface area (TPSA) is 280 Å². The minimum absolute atomic E-state index is 0.0269. The lowest BCUT2D eigenvalue weighted by Gasteiger charge is -2.16. The number of nitro benzene ring substituents is 1. The molecule has 1 aliphatic heterocycles. The highest BCUT2D eigenvalue weighted by Gasteiger charge is 2.45. The number of hydrogen-bond donors (Lipinski definition) is 6. The number of hydrogen-bond acceptors (Lipinski definition) is 14. The van der Waals surface area contributed by atoms with Crippen molar-refractivity contribution >= 4 is 36.7 Å². The second-order valence-corrected chi connectivity index (χ2v) is 9.60. The highest BCUT2D eigenvalue weighted by Crippen LogP contribution is 2.39. The first kappa shape index (κ1) is 29.8. The highest BCUT2D eigenvalue weighted by atomic mass is 31.2. The molecule has 3 heterocycles. The molecule has 1 amide bonds. The molecular formula is C20H23N6O14P. The number of methoxy groups -OCH3 is 2. The summed E-state index contributed by atoms with van der Waals surface area (Å²) >= 11 is 0. The summed E-state index contributed by atoms with van der Waals surface area (Å²) in [5.41, 5.74) is -1.72. The Morgan fingerprint density at radius 2 is 1.93 bits per heavy atom. The maximum Gasteiger partial charge on any atom is 0.469 e. The average Bonchev–Trinajstić information content (AvgIpc) is 3.45. The van der Waals surface area contributed by atoms with Crippen molar-refractivity contribution in [2.45, 2.75) is 31.1 Å². The molecule has 0 spiro atoms. The van der Waals surface area contributed by atoms with Crippen LogP contribution < -0.4 is 20.3 Å². The highest BCUT2D eigenvalue weighted by molar-refractivity contribution is 7.46. The first-order valence-electron chi connectivity index (χ1n) is 11.3. The number of amides is 1. The Balaban J connectivity index is 1.52. The number of benzene rings is 1. The van der Waals surface area contributed by atoms with E-state index in [1.54, 1.807) is 0 Å². The zero-order valence-corrected chi connectivity index (χ0v) is 22.0. The van der Waals surface area contributed by atoms with Crippen LogP contribution in [0.25, 0.3) is 11.2 Å². The van der Waals surface area contributed by atoms with Crippen LogP contribution in [0.3, 0.4) is 0 Å². The quantitative estimate of drug-likeness (QED) is 0.0970. The smallest absolute Gasteiger partial charge is 0.469 e. The first-order chi connectivity index (χ1) is 19.3. The number of anilines is 1. The fraction of sp³-hybridized carbons (Fsp3) is 0.400. The van der Waals surface area contributed by atoms with Gasteiger partial charge in [0.1, 0.15) is 24.9 Å². The summed E-state index contributed by atoms with van der Waals surface area (Å²) in [4.78, 5) is 63.7. The number of ether oxygens (including phenoxy) is 4. The van der Waals surface area contributed by atoms with Gasteiger partial charge in [-0.2, -0.15) is 4.98 Å². The van der Waals surface area contributed by atoms with Crippen molar-refractivity contribution in [2.75, 3.05) is 26.1 Å². The van der Waals surface area contributed by atoms with Crippen LogP contribution in [-0.2, 0) is 25.2 Å². The van der Waals surface area contributed by atoms with Crippen molar-refractivity contribution in [1.29, 1.82) is 0 Å². The van der Waals surface area contributed by atoms with Crippen molar-refractivity contribution in [1.82, 2.24) is 19.5 Å². The van der Waals surface area contributed by atoms with Crippen molar-refractivity contribution in [3.05, 3.63) is 44.5 Å². The number of aromatic nitrogens is 4. The van der Waals surface area contributed by atoms with Crippen LogP contribution >= 0.6 is 7.82 Å². The van der Waals surface area contributed by atoms with Crippen LogP contribution in [0.1, 0.15) is 11.8 Å². The third-order valence-electron chi connectivity index (χ3n) is 5.81. The van der Waals surface area contributed by atoms with Crippen LogP contribution in [0.2, 0.25) is 0 Å². The van der Waals surface area contributed by atoms with E-state index in [0.717, 1.165) is 17.0 Å². The fourth-order valence-corrected chi connectivity index (χ4v) is 4.25. The van der Waals surface area contributed by atoms with Crippen molar-refractivity contribution in [3.8, 4) is 11.5 Å². The Bertz CT molecular complexity index is 1570. The number of carbonyl (C=O) groups excluding carboxylic acids is 1. The van der Waals surface area contributed by atoms with Gasteiger partial charge in [-0.15, -0.1) is 0 Å². The normalized spacial score (nSPS) is 20.6. The summed E-state index contributed by atoms with van der Waals surface area (Å²) in [6.45, 7) is -1.35. The molecule has 1 aliphatic rings. The lowest BCUT2D eigenvalue weighted by Crippen LogP contribution is -2.33. The van der Waals surface area contributed by atoms with E-state index in [0.29, 0.717) is 0 Å². The lowest BCUT2D eigenvalue weighted by atomic mass is 10.1. The first-order valence-corrected chi connectivity index (χ1v) is 12.9. The van der Waals surface area contributed by atoms with Crippen LogP contribution in [0.15, 0.2) is 23.3 Å². The predicted molar refractivity (Wildman–Crippen MR) is 132 cm³/mol. The van der Waals surface area contributed by atoms with E-state index in [-0.39, 0.29) is 28.2 Å². The molecule has 4 atom stereocenters. The number of phosphoric acid groups is 1. The molecule has 6 N–H and O–H groups in total. The Hall–Kier alpha value is -4.17. The summed E-state index contributed by atoms with van der Waals surface area (Å²) in [6.07, 6.45) is -6.19. The largest absolute Gasteiger partial charge is 0.493 e. The summed E-state index contributed by atoms with van der Waals surface area (Å²) in [5.74, 6) is -0.201. The van der Waals surface area contributed by atoms with Gasteiger partial charge in [0, 0.05) is 0 Å². The monoisotopic (exact) mass is 602 g/mol. The number of fused-ring (bicyclic) bond motifs is 1. The van der Waals surface area contributed by atoms with Crippen LogP contribution in [0.4, 0.5) is 16.4 Å². The van der Waals surface area contributed by atoms with Gasteiger partial charge >= 0.3 is 13.9 Å². The molecular weight excluding hydrogens is 579 g/mol. The molecule has 0 aliphatic carbocycles. The van der Waals surface area contributed by atoms with E-state index in [1.807, 2.05) is 0 Å². The zero-order chi connectivity index (χ0) is 30.1. The van der Waals surface area contributed by atoms with Crippen molar-refractivity contribution in [3.63, 3.8) is 0 Å². The van der Waals surface area contributed by atoms with Gasteiger partial charge in [0.15, 0.2) is 28.9 Å². The van der Waals surface area contributed by atoms with Crippen LogP contribution in [-0.4, -0.2) is 89.7 Å². The number of aliphatic hydroxyl groups is 2. The number of nitrogens with zero attached hydrogens (tertiary/aromatic N) is 4. The third kappa shape index (κ3) is 6.43. The summed E-state index contributed by atoms with van der Waals surface area (Å²) in [7, 11) is -2.29. The molecule has 1 aromatic carbocycles. The molecule has 0 unspecified atom stereocenters. The molecule has 0 bridgehead atoms. The summed E-state index contributed by atoms with van der Waals surface area (Å²) < 4.78 is 37.0. The number of carbonyl (C=O) groups is 1. The maximum atomic E-state index is 12.5. The summed E-state index contributed by atoms with van der Waals surface area (Å²) in [5, 5.41) is 34.3. The number of H-pyrrole nitrogens is 1. The van der Waals surface area contributed by atoms with Gasteiger partial charge in [-0.3, -0.25) is 34.3 Å². The van der Waals surface area contributed by atoms with Crippen molar-refractivity contribution < 1.29 is 57.8 Å². The van der Waals surface area contributed by atoms with E-state index in [9.17, 15) is 34.5 Å². The number of phosphoric ester groups is 1. The van der Waals surface area contributed by atoms with Crippen LogP contribution in [0.5, 0.6) is 11.5 Å². The molecule has 4 rings (SSSR count). The number of rotatable bonds is 10. The van der Waals surface area contributed by atoms with Gasteiger partial charge in [-0.1, -0.05) is 0 Å². The van der Waals surface area contributed by atoms with Crippen molar-refractivity contribution in [2.24, 2.45) is 0 Å². The van der Waals surface area contributed by atoms with E-state index in [2.05, 4.69) is 24.8 Å². The molecule has 1 saturated heterocycles. The lowest BCUT2D eigenvalue weighted by molar-refractivity contribution is -0.385. The Labute approximate surface area is 227 Å². The van der Waals surface area contributed by atoms with Gasteiger partial charge in [-0.05, 0) is 6.07 Å². The molecule has 0 saturated carbocycles. The van der Waals surface area contributed by atoms with Gasteiger partial charge in [0.05, 0.1) is 43.7 Å². The number of nitrogens with one attached hydrogen (secondary N) is 2. The molecule has 0 radical (unpaired) electrons. The maximum absolute atomic E-state index is 12.5. The minimum atomic E-state index is -4.90. The van der Waals surface area contributed by atoms with E-state index >= 15 is 0 Å². The van der Waals surface area contributed by atoms with Gasteiger partial charge in [0.25, 0.3) is 11.2 Å². The minimum Gasteiger partial charge on any atom is -0.493 e. The molecule has 3 aromatic rings. The van der Waals surface area contributed by atoms with E-state index in [4.69, 9.17) is 28.7 Å². The number of aliphatic hydroxyl groups excluding tert-OH is 2. The molecule has 222 valence electrons. The van der Waals surface area contributed by atoms with E-state index < -0.39 is 73.8 Å². The zero-order valence-electron chi connectivity index (χ0n) is 21.1. The van der Waals surface area contributed by atoms with Crippen LogP contribution in [0, 0.1) is 10.1 Å². The molecule has 20 nitrogen and oxygen atoms in total. The third-order valence-corrected chi connectivity index (χ3v) is 6.30. The Morgan fingerprint density at radius 3 is 2.56 bits per heavy atom. The summed E-state index contributed by atoms with van der Waals surface area (Å²) in [6, 6.07) is 2.36. The second-order valence-electron chi connectivity index (χ2n) is 8.37. The SMILES string of the molecule is COc1cc(COC(=O)Nc2nc3c(ncn3[C@@H]3O[C@H](COP(=O)(O)O)[C@@H](O)[C@H]3O)c(=O)[nH]2)c([N+](=O)[O-])cc1OC. The molecule has 2 aromatic heterocycles. The van der Waals surface area contributed by atoms with Gasteiger partial charge in [-0.25, -0.2) is 14.3 Å². The fourth-order valence-electron chi connectivity index (χ4n) is 3.91. The molecule has 1 fully saturated rings. The molecule has 41 heavy (non-hydrogen) atoms. The average molecular weight is 602 g/mol. The predicted octanol–water partition coefficient (Wildman–Crippen LogP) is -0.478. The van der Waals surface area contributed by atoms with E-state index in [1.165, 1.54) is 20.3 Å². The number of nitro groups is 1. The molecule has 21 heteroatoms. The Kier molecular flexibility index (Phi) is 8.54. The number of aromatic amines is 1. The van der Waals surface area contributed by atoms with Gasteiger partial charge in [0.2, 0.25) is 5.95 Å². The Morgan fingerprint density at radius 1 is 1.24 bits per heavy atom. The second kappa shape index (κ2) is 11.7. The number of imidazole rings is 1. The van der Waals surface area contributed by atoms with Gasteiger partial charge < -0.3 is 38.9 Å².